The molecule has 1 rings (SSSR count). The lowest BCUT2D eigenvalue weighted by Crippen LogP contribution is -2.35. The molecule has 4 N–H and O–H groups in total. The monoisotopic (exact) mass is 213 g/mol. The maximum absolute atomic E-state index is 10.3. The maximum atomic E-state index is 10.3. The van der Waals surface area contributed by atoms with E-state index in [0.717, 1.165) is 19.5 Å². The summed E-state index contributed by atoms with van der Waals surface area (Å²) in [7, 11) is 0. The first-order chi connectivity index (χ1) is 6.79. The van der Waals surface area contributed by atoms with Crippen LogP contribution in [0, 0.1) is 0 Å². The smallest absolute Gasteiger partial charge is 0.312 e. The molecule has 4 nitrogen and oxygen atoms in total. The largest absolute Gasteiger partial charge is 0.352 e. The molecule has 1 aromatic heterocycles. The molecule has 0 aliphatic rings. The molecule has 0 unspecified atom stereocenters. The number of carbonyl (C=O) groups excluding carboxylic acids is 1. The van der Waals surface area contributed by atoms with E-state index in [0.29, 0.717) is 6.54 Å². The first-order valence-corrected chi connectivity index (χ1v) is 5.43. The minimum atomic E-state index is -0.468. The minimum absolute atomic E-state index is 0.468. The second-order valence-electron chi connectivity index (χ2n) is 2.87. The molecular formula is C9H15N3OS. The summed E-state index contributed by atoms with van der Waals surface area (Å²) in [5.74, 6) is 0. The molecule has 0 radical (unpaired) electrons. The van der Waals surface area contributed by atoms with Crippen molar-refractivity contribution in [3.63, 3.8) is 0 Å². The first kappa shape index (κ1) is 11.0. The van der Waals surface area contributed by atoms with Crippen molar-refractivity contribution in [3.05, 3.63) is 22.4 Å². The van der Waals surface area contributed by atoms with Crippen molar-refractivity contribution < 1.29 is 4.79 Å². The summed E-state index contributed by atoms with van der Waals surface area (Å²) in [6.07, 6.45) is 1.04. The molecule has 0 fully saturated rings. The van der Waals surface area contributed by atoms with Crippen molar-refractivity contribution in [2.24, 2.45) is 5.73 Å². The Bertz CT molecular complexity index is 261. The molecule has 0 saturated heterocycles. The van der Waals surface area contributed by atoms with Crippen LogP contribution in [-0.2, 0) is 6.42 Å². The average molecular weight is 213 g/mol. The van der Waals surface area contributed by atoms with Gasteiger partial charge in [-0.15, -0.1) is 11.3 Å². The summed E-state index contributed by atoms with van der Waals surface area (Å²) < 4.78 is 0. The van der Waals surface area contributed by atoms with Crippen molar-refractivity contribution in [1.82, 2.24) is 10.6 Å². The van der Waals surface area contributed by atoms with Crippen LogP contribution in [0.5, 0.6) is 0 Å². The number of urea groups is 1. The Morgan fingerprint density at radius 1 is 1.43 bits per heavy atom. The molecule has 0 aromatic carbocycles. The molecule has 0 spiro atoms. The predicted molar refractivity (Wildman–Crippen MR) is 58.5 cm³/mol. The van der Waals surface area contributed by atoms with E-state index in [4.69, 9.17) is 5.73 Å². The van der Waals surface area contributed by atoms with Crippen molar-refractivity contribution in [3.8, 4) is 0 Å². The molecule has 0 aliphatic carbocycles. The summed E-state index contributed by atoms with van der Waals surface area (Å²) in [6, 6.07) is 3.70. The third kappa shape index (κ3) is 4.84. The van der Waals surface area contributed by atoms with E-state index in [1.807, 2.05) is 0 Å². The summed E-state index contributed by atoms with van der Waals surface area (Å²) in [6.45, 7) is 2.27. The Labute approximate surface area is 87.5 Å². The predicted octanol–water partition coefficient (Wildman–Crippen LogP) is 0.548. The van der Waals surface area contributed by atoms with Gasteiger partial charge in [-0.1, -0.05) is 6.07 Å². The number of hydrogen-bond donors (Lipinski definition) is 3. The van der Waals surface area contributed by atoms with Gasteiger partial charge in [0.15, 0.2) is 0 Å². The summed E-state index contributed by atoms with van der Waals surface area (Å²) in [5, 5.41) is 7.81. The molecule has 0 saturated carbocycles. The number of nitrogens with one attached hydrogen (secondary N) is 2. The number of amides is 2. The molecule has 0 atom stereocenters. The van der Waals surface area contributed by atoms with Gasteiger partial charge in [-0.25, -0.2) is 4.79 Å². The average Bonchev–Trinajstić information content (AvgIpc) is 2.63. The van der Waals surface area contributed by atoms with Gasteiger partial charge in [0.2, 0.25) is 0 Å². The fourth-order valence-electron chi connectivity index (χ4n) is 1.07. The first-order valence-electron chi connectivity index (χ1n) is 4.55. The lowest BCUT2D eigenvalue weighted by Gasteiger charge is -2.03. The van der Waals surface area contributed by atoms with Gasteiger partial charge in [0.1, 0.15) is 0 Å². The third-order valence-electron chi connectivity index (χ3n) is 1.73. The van der Waals surface area contributed by atoms with Gasteiger partial charge >= 0.3 is 6.03 Å². The second-order valence-corrected chi connectivity index (χ2v) is 3.90. The number of rotatable bonds is 6. The summed E-state index contributed by atoms with van der Waals surface area (Å²) in [5.41, 5.74) is 4.91. The molecule has 78 valence electrons. The highest BCUT2D eigenvalue weighted by Gasteiger charge is 1.93. The van der Waals surface area contributed by atoms with E-state index >= 15 is 0 Å². The zero-order chi connectivity index (χ0) is 10.2. The number of hydrogen-bond acceptors (Lipinski definition) is 3. The Balaban J connectivity index is 1.92. The molecule has 0 bridgehead atoms. The van der Waals surface area contributed by atoms with Crippen LogP contribution in [0.25, 0.3) is 0 Å². The maximum Gasteiger partial charge on any atom is 0.312 e. The van der Waals surface area contributed by atoms with Crippen LogP contribution in [0.4, 0.5) is 4.79 Å². The van der Waals surface area contributed by atoms with Gasteiger partial charge in [0, 0.05) is 24.5 Å². The SMILES string of the molecule is NC(=O)NCCNCCc1cccs1. The number of carbonyl (C=O) groups is 1. The minimum Gasteiger partial charge on any atom is -0.352 e. The highest BCUT2D eigenvalue weighted by Crippen LogP contribution is 2.07. The Kier molecular flexibility index (Phi) is 5.03. The molecule has 2 amide bonds. The van der Waals surface area contributed by atoms with Crippen LogP contribution in [-0.4, -0.2) is 25.7 Å². The lowest BCUT2D eigenvalue weighted by atomic mass is 10.3. The topological polar surface area (TPSA) is 67.2 Å². The quantitative estimate of drug-likeness (QED) is 0.604. The van der Waals surface area contributed by atoms with Gasteiger partial charge in [-0.3, -0.25) is 0 Å². The van der Waals surface area contributed by atoms with Crippen molar-refractivity contribution >= 4 is 17.4 Å². The van der Waals surface area contributed by atoms with Gasteiger partial charge in [-0.05, 0) is 17.9 Å². The number of nitrogens with two attached hydrogens (primary N) is 1. The van der Waals surface area contributed by atoms with Crippen LogP contribution in [0.15, 0.2) is 17.5 Å². The van der Waals surface area contributed by atoms with Gasteiger partial charge < -0.3 is 16.4 Å². The Morgan fingerprint density at radius 2 is 2.29 bits per heavy atom. The van der Waals surface area contributed by atoms with E-state index in [1.54, 1.807) is 11.3 Å². The highest BCUT2D eigenvalue weighted by molar-refractivity contribution is 7.09. The molecule has 14 heavy (non-hydrogen) atoms. The van der Waals surface area contributed by atoms with E-state index in [9.17, 15) is 4.79 Å². The van der Waals surface area contributed by atoms with E-state index in [2.05, 4.69) is 28.1 Å². The Morgan fingerprint density at radius 3 is 2.93 bits per heavy atom. The normalized spacial score (nSPS) is 10.0. The van der Waals surface area contributed by atoms with Crippen molar-refractivity contribution in [2.75, 3.05) is 19.6 Å². The van der Waals surface area contributed by atoms with Gasteiger partial charge in [0.05, 0.1) is 0 Å². The van der Waals surface area contributed by atoms with E-state index in [1.165, 1.54) is 4.88 Å². The number of thiophene rings is 1. The second kappa shape index (κ2) is 6.39. The van der Waals surface area contributed by atoms with Gasteiger partial charge in [0.25, 0.3) is 0 Å². The van der Waals surface area contributed by atoms with E-state index in [-0.39, 0.29) is 0 Å². The molecule has 1 aromatic rings. The zero-order valence-electron chi connectivity index (χ0n) is 7.95. The van der Waals surface area contributed by atoms with E-state index < -0.39 is 6.03 Å². The van der Waals surface area contributed by atoms with Crippen LogP contribution >= 0.6 is 11.3 Å². The van der Waals surface area contributed by atoms with Crippen LogP contribution in [0.2, 0.25) is 0 Å². The molecule has 0 aliphatic heterocycles. The van der Waals surface area contributed by atoms with Gasteiger partial charge in [-0.2, -0.15) is 0 Å². The van der Waals surface area contributed by atoms with Crippen molar-refractivity contribution in [1.29, 1.82) is 0 Å². The fourth-order valence-corrected chi connectivity index (χ4v) is 1.77. The highest BCUT2D eigenvalue weighted by atomic mass is 32.1. The molecule has 5 heteroatoms. The molecule has 1 heterocycles. The summed E-state index contributed by atoms with van der Waals surface area (Å²) >= 11 is 1.76. The summed E-state index contributed by atoms with van der Waals surface area (Å²) in [4.78, 5) is 11.7. The third-order valence-corrected chi connectivity index (χ3v) is 2.67. The van der Waals surface area contributed by atoms with Crippen LogP contribution in [0.1, 0.15) is 4.88 Å². The van der Waals surface area contributed by atoms with Crippen molar-refractivity contribution in [2.45, 2.75) is 6.42 Å². The fraction of sp³-hybridized carbons (Fsp3) is 0.444. The lowest BCUT2D eigenvalue weighted by molar-refractivity contribution is 0.249. The van der Waals surface area contributed by atoms with Crippen LogP contribution in [0.3, 0.4) is 0 Å². The molecular weight excluding hydrogens is 198 g/mol. The Hall–Kier alpha value is -1.07. The van der Waals surface area contributed by atoms with Crippen LogP contribution < -0.4 is 16.4 Å². The zero-order valence-corrected chi connectivity index (χ0v) is 8.77. The standard InChI is InChI=1S/C9H15N3OS/c10-9(13)12-6-5-11-4-3-8-2-1-7-14-8/h1-2,7,11H,3-6H2,(H3,10,12,13). The number of primary amides is 1.